The zero-order valence-corrected chi connectivity index (χ0v) is 13.5. The van der Waals surface area contributed by atoms with Crippen LogP contribution in [0.3, 0.4) is 0 Å². The van der Waals surface area contributed by atoms with Gasteiger partial charge in [-0.15, -0.1) is 22.7 Å². The first kappa shape index (κ1) is 15.0. The predicted molar refractivity (Wildman–Crippen MR) is 87.5 cm³/mol. The Morgan fingerprint density at radius 1 is 1.30 bits per heavy atom. The van der Waals surface area contributed by atoms with E-state index < -0.39 is 0 Å². The Bertz CT molecular complexity index is 531. The number of thiophene rings is 1. The Hall–Kier alpha value is -1.40. The van der Waals surface area contributed by atoms with E-state index in [0.717, 1.165) is 30.5 Å². The molecular weight excluding hydrogens is 288 g/mol. The lowest BCUT2D eigenvalue weighted by Crippen LogP contribution is -2.36. The molecule has 0 bridgehead atoms. The number of aryl methyl sites for hydroxylation is 1. The maximum Gasteiger partial charge on any atom is 0.191 e. The van der Waals surface area contributed by atoms with Crippen LogP contribution in [0.2, 0.25) is 0 Å². The van der Waals surface area contributed by atoms with Crippen LogP contribution in [-0.2, 0) is 19.5 Å². The summed E-state index contributed by atoms with van der Waals surface area (Å²) in [5.74, 6) is 0.842. The fourth-order valence-electron chi connectivity index (χ4n) is 1.65. The van der Waals surface area contributed by atoms with E-state index in [-0.39, 0.29) is 0 Å². The van der Waals surface area contributed by atoms with Gasteiger partial charge in [-0.05, 0) is 24.8 Å². The van der Waals surface area contributed by atoms with Crippen molar-refractivity contribution in [1.29, 1.82) is 0 Å². The maximum atomic E-state index is 4.58. The SMILES string of the molecule is CCNC(=NCc1cccs1)NCc1ncc(CC)s1. The third-order valence-electron chi connectivity index (χ3n) is 2.67. The second kappa shape index (κ2) is 8.01. The van der Waals surface area contributed by atoms with Gasteiger partial charge in [-0.3, -0.25) is 0 Å². The van der Waals surface area contributed by atoms with Crippen molar-refractivity contribution in [3.8, 4) is 0 Å². The van der Waals surface area contributed by atoms with Crippen molar-refractivity contribution in [2.24, 2.45) is 4.99 Å². The topological polar surface area (TPSA) is 49.3 Å². The lowest BCUT2D eigenvalue weighted by molar-refractivity contribution is 0.813. The molecule has 0 unspecified atom stereocenters. The molecule has 0 aliphatic carbocycles. The van der Waals surface area contributed by atoms with Crippen LogP contribution in [0.25, 0.3) is 0 Å². The summed E-state index contributed by atoms with van der Waals surface area (Å²) in [5, 5.41) is 9.76. The molecule has 0 spiro atoms. The van der Waals surface area contributed by atoms with Crippen LogP contribution in [-0.4, -0.2) is 17.5 Å². The number of nitrogens with zero attached hydrogens (tertiary/aromatic N) is 2. The molecule has 2 rings (SSSR count). The van der Waals surface area contributed by atoms with Crippen LogP contribution in [0.1, 0.15) is 28.6 Å². The van der Waals surface area contributed by atoms with Gasteiger partial charge < -0.3 is 10.6 Å². The minimum Gasteiger partial charge on any atom is -0.357 e. The van der Waals surface area contributed by atoms with Crippen molar-refractivity contribution >= 4 is 28.6 Å². The van der Waals surface area contributed by atoms with E-state index in [4.69, 9.17) is 0 Å². The zero-order chi connectivity index (χ0) is 14.2. The van der Waals surface area contributed by atoms with E-state index in [1.165, 1.54) is 9.75 Å². The van der Waals surface area contributed by atoms with Gasteiger partial charge in [0.1, 0.15) is 5.01 Å². The fourth-order valence-corrected chi connectivity index (χ4v) is 3.08. The van der Waals surface area contributed by atoms with Crippen molar-refractivity contribution in [3.05, 3.63) is 38.5 Å². The number of aliphatic imine (C=N–C) groups is 1. The molecule has 2 aromatic rings. The zero-order valence-electron chi connectivity index (χ0n) is 11.8. The average Bonchev–Trinajstić information content (AvgIpc) is 3.13. The Morgan fingerprint density at radius 3 is 2.85 bits per heavy atom. The summed E-state index contributed by atoms with van der Waals surface area (Å²) >= 11 is 3.49. The van der Waals surface area contributed by atoms with Gasteiger partial charge in [0.2, 0.25) is 0 Å². The molecule has 108 valence electrons. The molecule has 4 nitrogen and oxygen atoms in total. The second-order valence-electron chi connectivity index (χ2n) is 4.20. The van der Waals surface area contributed by atoms with E-state index in [1.54, 1.807) is 22.7 Å². The van der Waals surface area contributed by atoms with E-state index in [9.17, 15) is 0 Å². The summed E-state index contributed by atoms with van der Waals surface area (Å²) in [6.45, 7) is 6.51. The molecule has 0 aliphatic heterocycles. The number of guanidine groups is 1. The molecular formula is C14H20N4S2. The summed E-state index contributed by atoms with van der Waals surface area (Å²) < 4.78 is 0. The fraction of sp³-hybridized carbons (Fsp3) is 0.429. The highest BCUT2D eigenvalue weighted by Crippen LogP contribution is 2.13. The standard InChI is InChI=1S/C14H20N4S2/c1-3-11-8-16-13(20-11)10-18-14(15-4-2)17-9-12-6-5-7-19-12/h5-8H,3-4,9-10H2,1-2H3,(H2,15,17,18). The molecule has 0 saturated carbocycles. The normalized spacial score (nSPS) is 11.6. The van der Waals surface area contributed by atoms with Crippen molar-refractivity contribution in [3.63, 3.8) is 0 Å². The third-order valence-corrected chi connectivity index (χ3v) is 4.68. The number of rotatable bonds is 6. The van der Waals surface area contributed by atoms with E-state index in [1.807, 2.05) is 6.20 Å². The Labute approximate surface area is 128 Å². The minimum absolute atomic E-state index is 0.713. The highest BCUT2D eigenvalue weighted by molar-refractivity contribution is 7.11. The monoisotopic (exact) mass is 308 g/mol. The molecule has 0 saturated heterocycles. The van der Waals surface area contributed by atoms with Crippen LogP contribution in [0.4, 0.5) is 0 Å². The highest BCUT2D eigenvalue weighted by atomic mass is 32.1. The molecule has 0 aromatic carbocycles. The Kier molecular flexibility index (Phi) is 6.01. The smallest absolute Gasteiger partial charge is 0.191 e. The molecule has 0 fully saturated rings. The summed E-state index contributed by atoms with van der Waals surface area (Å²) in [5.41, 5.74) is 0. The number of thiazole rings is 1. The largest absolute Gasteiger partial charge is 0.357 e. The molecule has 2 heterocycles. The van der Waals surface area contributed by atoms with Gasteiger partial charge in [-0.25, -0.2) is 9.98 Å². The van der Waals surface area contributed by atoms with Gasteiger partial charge in [-0.2, -0.15) is 0 Å². The van der Waals surface area contributed by atoms with Crippen LogP contribution in [0.15, 0.2) is 28.7 Å². The number of nitrogens with one attached hydrogen (secondary N) is 2. The first-order chi connectivity index (χ1) is 9.81. The van der Waals surface area contributed by atoms with Crippen LogP contribution >= 0.6 is 22.7 Å². The van der Waals surface area contributed by atoms with Gasteiger partial charge in [0.15, 0.2) is 5.96 Å². The lowest BCUT2D eigenvalue weighted by atomic mass is 10.4. The molecule has 0 aliphatic rings. The highest BCUT2D eigenvalue weighted by Gasteiger charge is 2.02. The average molecular weight is 308 g/mol. The van der Waals surface area contributed by atoms with E-state index >= 15 is 0 Å². The molecule has 0 radical (unpaired) electrons. The number of aromatic nitrogens is 1. The third kappa shape index (κ3) is 4.61. The van der Waals surface area contributed by atoms with Crippen molar-refractivity contribution in [1.82, 2.24) is 15.6 Å². The maximum absolute atomic E-state index is 4.58. The van der Waals surface area contributed by atoms with Gasteiger partial charge >= 0.3 is 0 Å². The van der Waals surface area contributed by atoms with Crippen molar-refractivity contribution in [2.45, 2.75) is 33.4 Å². The lowest BCUT2D eigenvalue weighted by Gasteiger charge is -2.09. The molecule has 2 aromatic heterocycles. The molecule has 0 amide bonds. The van der Waals surface area contributed by atoms with Gasteiger partial charge in [-0.1, -0.05) is 13.0 Å². The first-order valence-electron chi connectivity index (χ1n) is 6.80. The van der Waals surface area contributed by atoms with Gasteiger partial charge in [0.05, 0.1) is 13.1 Å². The molecule has 0 atom stereocenters. The summed E-state index contributed by atoms with van der Waals surface area (Å²) in [7, 11) is 0. The first-order valence-corrected chi connectivity index (χ1v) is 8.49. The second-order valence-corrected chi connectivity index (χ2v) is 6.43. The Morgan fingerprint density at radius 2 is 2.20 bits per heavy atom. The van der Waals surface area contributed by atoms with Crippen LogP contribution in [0.5, 0.6) is 0 Å². The summed E-state index contributed by atoms with van der Waals surface area (Å²) in [6, 6.07) is 4.16. The van der Waals surface area contributed by atoms with Gasteiger partial charge in [0.25, 0.3) is 0 Å². The summed E-state index contributed by atoms with van der Waals surface area (Å²) in [4.78, 5) is 11.6. The van der Waals surface area contributed by atoms with Crippen molar-refractivity contribution in [2.75, 3.05) is 6.54 Å². The number of hydrogen-bond acceptors (Lipinski definition) is 4. The quantitative estimate of drug-likeness (QED) is 0.637. The number of hydrogen-bond donors (Lipinski definition) is 2. The Balaban J connectivity index is 1.89. The van der Waals surface area contributed by atoms with Gasteiger partial charge in [0, 0.05) is 22.5 Å². The predicted octanol–water partition coefficient (Wildman–Crippen LogP) is 3.02. The minimum atomic E-state index is 0.713. The molecule has 2 N–H and O–H groups in total. The van der Waals surface area contributed by atoms with Crippen molar-refractivity contribution < 1.29 is 0 Å². The summed E-state index contributed by atoms with van der Waals surface area (Å²) in [6.07, 6.45) is 3.00. The van der Waals surface area contributed by atoms with Crippen LogP contribution < -0.4 is 10.6 Å². The van der Waals surface area contributed by atoms with E-state index in [0.29, 0.717) is 6.54 Å². The molecule has 20 heavy (non-hydrogen) atoms. The van der Waals surface area contributed by atoms with Crippen LogP contribution in [0, 0.1) is 0 Å². The van der Waals surface area contributed by atoms with E-state index in [2.05, 4.69) is 52.0 Å². The molecule has 6 heteroatoms.